The van der Waals surface area contributed by atoms with Gasteiger partial charge in [0.15, 0.2) is 0 Å². The fourth-order valence-corrected chi connectivity index (χ4v) is 7.66. The number of allylic oxidation sites excluding steroid dienone is 2. The van der Waals surface area contributed by atoms with E-state index in [1.807, 2.05) is 24.3 Å². The highest BCUT2D eigenvalue weighted by atomic mass is 16.7. The maximum atomic E-state index is 11.6. The van der Waals surface area contributed by atoms with Crippen molar-refractivity contribution in [2.24, 2.45) is 23.7 Å². The molecule has 4 aliphatic carbocycles. The van der Waals surface area contributed by atoms with Crippen LogP contribution in [-0.2, 0) is 6.42 Å². The summed E-state index contributed by atoms with van der Waals surface area (Å²) in [4.78, 5) is 15.0. The van der Waals surface area contributed by atoms with Gasteiger partial charge in [-0.3, -0.25) is 0 Å². The van der Waals surface area contributed by atoms with Gasteiger partial charge in [0.2, 0.25) is 5.88 Å². The lowest BCUT2D eigenvalue weighted by molar-refractivity contribution is 0.142. The van der Waals surface area contributed by atoms with Crippen molar-refractivity contribution in [3.63, 3.8) is 0 Å². The third-order valence-electron chi connectivity index (χ3n) is 9.01. The summed E-state index contributed by atoms with van der Waals surface area (Å²) in [6.45, 7) is 0.532. The summed E-state index contributed by atoms with van der Waals surface area (Å²) >= 11 is 0. The second-order valence-corrected chi connectivity index (χ2v) is 11.4. The molecule has 0 spiro atoms. The summed E-state index contributed by atoms with van der Waals surface area (Å²) in [5.41, 5.74) is 4.58. The predicted octanol–water partition coefficient (Wildman–Crippen LogP) is 8.23. The van der Waals surface area contributed by atoms with E-state index >= 15 is 0 Å². The highest BCUT2D eigenvalue weighted by Crippen LogP contribution is 2.53. The molecule has 4 aromatic rings. The molecule has 4 bridgehead atoms. The number of aromatic amines is 1. The summed E-state index contributed by atoms with van der Waals surface area (Å²) in [6, 6.07) is 20.7. The Morgan fingerprint density at radius 3 is 2.50 bits per heavy atom. The molecular weight excluding hydrogens is 474 g/mol. The van der Waals surface area contributed by atoms with Gasteiger partial charge in [0, 0.05) is 21.9 Å². The fraction of sp³-hybridized carbons (Fsp3) is 0.364. The van der Waals surface area contributed by atoms with Gasteiger partial charge in [-0.15, -0.1) is 0 Å². The molecule has 38 heavy (non-hydrogen) atoms. The zero-order valence-corrected chi connectivity index (χ0v) is 21.5. The minimum absolute atomic E-state index is 0.338. The van der Waals surface area contributed by atoms with Crippen LogP contribution >= 0.6 is 0 Å². The highest BCUT2D eigenvalue weighted by Gasteiger charge is 2.40. The van der Waals surface area contributed by atoms with Gasteiger partial charge in [-0.2, -0.15) is 0 Å². The number of aromatic nitrogens is 1. The van der Waals surface area contributed by atoms with Crippen LogP contribution in [0.5, 0.6) is 11.6 Å². The van der Waals surface area contributed by atoms with E-state index in [1.54, 1.807) is 0 Å². The molecule has 0 aliphatic heterocycles. The number of aryl methyl sites for hydroxylation is 1. The van der Waals surface area contributed by atoms with E-state index in [2.05, 4.69) is 47.5 Å². The van der Waals surface area contributed by atoms with E-state index in [1.165, 1.54) is 43.2 Å². The molecule has 2 atom stereocenters. The monoisotopic (exact) mass is 507 g/mol. The number of H-pyrrole nitrogens is 1. The SMILES string of the molecule is O=C(O)Oc1[nH]c2c(C3=CC4CC5CC(C4)CC3C5)cccc2c1CCCOc1cccc2ccccc12. The van der Waals surface area contributed by atoms with Gasteiger partial charge in [-0.25, -0.2) is 4.79 Å². The zero-order valence-electron chi connectivity index (χ0n) is 21.5. The Morgan fingerprint density at radius 2 is 1.66 bits per heavy atom. The third-order valence-corrected chi connectivity index (χ3v) is 9.01. The van der Waals surface area contributed by atoms with Crippen molar-refractivity contribution in [3.8, 4) is 11.6 Å². The zero-order chi connectivity index (χ0) is 25.6. The van der Waals surface area contributed by atoms with Crippen LogP contribution in [-0.4, -0.2) is 22.9 Å². The van der Waals surface area contributed by atoms with E-state index in [4.69, 9.17) is 9.47 Å². The van der Waals surface area contributed by atoms with Crippen molar-refractivity contribution in [1.29, 1.82) is 0 Å². The first kappa shape index (κ1) is 23.4. The van der Waals surface area contributed by atoms with Crippen LogP contribution in [0.2, 0.25) is 0 Å². The van der Waals surface area contributed by atoms with E-state index < -0.39 is 6.16 Å². The number of hydrogen-bond donors (Lipinski definition) is 2. The number of carbonyl (C=O) groups is 1. The molecule has 4 aliphatic rings. The first-order valence-corrected chi connectivity index (χ1v) is 14.0. The van der Waals surface area contributed by atoms with Crippen LogP contribution < -0.4 is 9.47 Å². The fourth-order valence-electron chi connectivity index (χ4n) is 7.66. The first-order chi connectivity index (χ1) is 18.6. The average Bonchev–Trinajstić information content (AvgIpc) is 3.13. The Bertz CT molecular complexity index is 1530. The van der Waals surface area contributed by atoms with Gasteiger partial charge < -0.3 is 19.6 Å². The largest absolute Gasteiger partial charge is 0.512 e. The van der Waals surface area contributed by atoms with Gasteiger partial charge in [0.25, 0.3) is 0 Å². The number of fused-ring (bicyclic) bond motifs is 2. The Balaban J connectivity index is 1.17. The Morgan fingerprint density at radius 1 is 0.895 bits per heavy atom. The quantitative estimate of drug-likeness (QED) is 0.195. The summed E-state index contributed by atoms with van der Waals surface area (Å²) in [6.07, 6.45) is 9.28. The molecule has 5 nitrogen and oxygen atoms in total. The lowest BCUT2D eigenvalue weighted by Gasteiger charge is -2.39. The van der Waals surface area contributed by atoms with E-state index in [0.717, 1.165) is 51.2 Å². The lowest BCUT2D eigenvalue weighted by atomic mass is 9.66. The topological polar surface area (TPSA) is 71.5 Å². The van der Waals surface area contributed by atoms with Gasteiger partial charge in [0.05, 0.1) is 12.1 Å². The maximum Gasteiger partial charge on any atom is 0.512 e. The number of hydrogen-bond acceptors (Lipinski definition) is 3. The number of nitrogens with one attached hydrogen (secondary N) is 1. The molecule has 0 saturated heterocycles. The molecule has 2 unspecified atom stereocenters. The smallest absolute Gasteiger partial charge is 0.493 e. The number of carboxylic acid groups (broad SMARTS) is 1. The Hall–Kier alpha value is -3.73. The number of benzene rings is 3. The maximum absolute atomic E-state index is 11.6. The molecule has 0 amide bonds. The van der Waals surface area contributed by atoms with E-state index in [-0.39, 0.29) is 0 Å². The summed E-state index contributed by atoms with van der Waals surface area (Å²) in [7, 11) is 0. The second kappa shape index (κ2) is 9.54. The normalized spacial score (nSPS) is 23.9. The van der Waals surface area contributed by atoms with Crippen LogP contribution in [0.15, 0.2) is 66.7 Å². The Kier molecular flexibility index (Phi) is 5.87. The van der Waals surface area contributed by atoms with Gasteiger partial charge in [-0.1, -0.05) is 60.7 Å². The molecule has 5 heteroatoms. The standard InChI is InChI=1S/C33H33NO4/c35-33(36)38-32-28(11-5-13-37-30-12-3-7-23-6-1-2-8-25(23)30)26-9-4-10-27(31(26)34-32)29-19-22-15-20-14-21(16-22)18-24(29)17-20/h1-4,6-10,12,19-22,24,34H,5,11,13-18H2,(H,35,36). The summed E-state index contributed by atoms with van der Waals surface area (Å²) in [5.74, 6) is 4.20. The number of rotatable bonds is 7. The van der Waals surface area contributed by atoms with Crippen LogP contribution in [0.25, 0.3) is 27.2 Å². The van der Waals surface area contributed by atoms with Crippen molar-refractivity contribution in [2.45, 2.75) is 44.9 Å². The molecule has 2 N–H and O–H groups in total. The van der Waals surface area contributed by atoms with E-state index in [0.29, 0.717) is 30.7 Å². The second-order valence-electron chi connectivity index (χ2n) is 11.4. The van der Waals surface area contributed by atoms with Crippen molar-refractivity contribution in [2.75, 3.05) is 6.61 Å². The number of para-hydroxylation sites is 1. The van der Waals surface area contributed by atoms with Crippen molar-refractivity contribution >= 4 is 33.4 Å². The third kappa shape index (κ3) is 4.24. The molecule has 0 radical (unpaired) electrons. The molecule has 3 aromatic carbocycles. The molecule has 1 heterocycles. The van der Waals surface area contributed by atoms with Crippen LogP contribution in [0.1, 0.15) is 49.7 Å². The minimum atomic E-state index is -1.30. The Labute approximate surface area is 222 Å². The molecule has 2 fully saturated rings. The molecule has 194 valence electrons. The number of ether oxygens (including phenoxy) is 2. The minimum Gasteiger partial charge on any atom is -0.493 e. The average molecular weight is 508 g/mol. The highest BCUT2D eigenvalue weighted by molar-refractivity contribution is 5.96. The van der Waals surface area contributed by atoms with E-state index in [9.17, 15) is 9.90 Å². The van der Waals surface area contributed by atoms with Crippen molar-refractivity contribution in [1.82, 2.24) is 4.98 Å². The van der Waals surface area contributed by atoms with Crippen molar-refractivity contribution in [3.05, 3.63) is 77.9 Å². The molecule has 1 aromatic heterocycles. The predicted molar refractivity (Wildman–Crippen MR) is 150 cm³/mol. The van der Waals surface area contributed by atoms with Gasteiger partial charge in [0.1, 0.15) is 5.75 Å². The van der Waals surface area contributed by atoms with Crippen LogP contribution in [0, 0.1) is 23.7 Å². The summed E-state index contributed by atoms with van der Waals surface area (Å²) < 4.78 is 11.5. The van der Waals surface area contributed by atoms with Crippen LogP contribution in [0.4, 0.5) is 4.79 Å². The summed E-state index contributed by atoms with van der Waals surface area (Å²) in [5, 5.41) is 12.8. The first-order valence-electron chi connectivity index (χ1n) is 14.0. The van der Waals surface area contributed by atoms with Gasteiger partial charge in [-0.05, 0) is 85.6 Å². The molecular formula is C33H33NO4. The molecule has 8 rings (SSSR count). The van der Waals surface area contributed by atoms with Crippen molar-refractivity contribution < 1.29 is 19.4 Å². The lowest BCUT2D eigenvalue weighted by Crippen LogP contribution is -2.27. The molecule has 2 saturated carbocycles. The van der Waals surface area contributed by atoms with Crippen LogP contribution in [0.3, 0.4) is 0 Å². The van der Waals surface area contributed by atoms with Gasteiger partial charge >= 0.3 is 6.16 Å².